The molecular formula is C20H24N6O2. The van der Waals surface area contributed by atoms with Crippen molar-refractivity contribution in [2.45, 2.75) is 39.2 Å². The van der Waals surface area contributed by atoms with Gasteiger partial charge in [0, 0.05) is 31.5 Å². The van der Waals surface area contributed by atoms with E-state index in [4.69, 9.17) is 4.52 Å². The molecule has 1 fully saturated rings. The number of aryl methyl sites for hydroxylation is 1. The van der Waals surface area contributed by atoms with Crippen LogP contribution in [0.15, 0.2) is 35.1 Å². The van der Waals surface area contributed by atoms with Crippen LogP contribution < -0.4 is 0 Å². The molecule has 28 heavy (non-hydrogen) atoms. The van der Waals surface area contributed by atoms with Crippen molar-refractivity contribution in [2.75, 3.05) is 6.54 Å². The quantitative estimate of drug-likeness (QED) is 0.676. The Morgan fingerprint density at radius 2 is 2.25 bits per heavy atom. The molecule has 0 aromatic carbocycles. The number of rotatable bonds is 5. The Labute approximate surface area is 163 Å². The summed E-state index contributed by atoms with van der Waals surface area (Å²) in [7, 11) is 1.81. The highest BCUT2D eigenvalue weighted by molar-refractivity contribution is 5.93. The fourth-order valence-electron chi connectivity index (χ4n) is 3.64. The van der Waals surface area contributed by atoms with Crippen LogP contribution in [-0.4, -0.2) is 42.3 Å². The van der Waals surface area contributed by atoms with Crippen LogP contribution in [-0.2, 0) is 13.5 Å². The van der Waals surface area contributed by atoms with Crippen molar-refractivity contribution in [1.29, 1.82) is 0 Å². The van der Waals surface area contributed by atoms with E-state index in [-0.39, 0.29) is 11.9 Å². The molecule has 0 spiro atoms. The van der Waals surface area contributed by atoms with Gasteiger partial charge >= 0.3 is 0 Å². The van der Waals surface area contributed by atoms with Crippen LogP contribution >= 0.6 is 0 Å². The minimum atomic E-state index is -0.214. The zero-order chi connectivity index (χ0) is 19.7. The lowest BCUT2D eigenvalue weighted by Crippen LogP contribution is -2.32. The molecular weight excluding hydrogens is 356 g/mol. The fourth-order valence-corrected chi connectivity index (χ4v) is 3.64. The molecule has 4 heterocycles. The highest BCUT2D eigenvalue weighted by atomic mass is 16.5. The van der Waals surface area contributed by atoms with Gasteiger partial charge in [-0.05, 0) is 43.4 Å². The van der Waals surface area contributed by atoms with Crippen molar-refractivity contribution in [1.82, 2.24) is 29.8 Å². The number of aromatic nitrogens is 5. The Hall–Kier alpha value is -3.03. The van der Waals surface area contributed by atoms with Gasteiger partial charge in [-0.25, -0.2) is 0 Å². The average Bonchev–Trinajstić information content (AvgIpc) is 3.40. The molecule has 1 aliphatic rings. The Kier molecular flexibility index (Phi) is 4.93. The summed E-state index contributed by atoms with van der Waals surface area (Å²) in [6, 6.07) is 5.39. The molecule has 1 aliphatic heterocycles. The lowest BCUT2D eigenvalue weighted by atomic mass is 10.1. The number of pyridine rings is 1. The number of amides is 1. The first-order valence-electron chi connectivity index (χ1n) is 9.61. The first-order chi connectivity index (χ1) is 13.5. The third-order valence-corrected chi connectivity index (χ3v) is 4.93. The second-order valence-corrected chi connectivity index (χ2v) is 7.60. The summed E-state index contributed by atoms with van der Waals surface area (Å²) in [6.07, 6.45) is 5.94. The van der Waals surface area contributed by atoms with Gasteiger partial charge in [-0.1, -0.05) is 19.0 Å². The lowest BCUT2D eigenvalue weighted by molar-refractivity contribution is 0.0699. The van der Waals surface area contributed by atoms with Gasteiger partial charge in [0.2, 0.25) is 11.7 Å². The van der Waals surface area contributed by atoms with E-state index in [0.717, 1.165) is 30.5 Å². The summed E-state index contributed by atoms with van der Waals surface area (Å²) >= 11 is 0. The van der Waals surface area contributed by atoms with Crippen LogP contribution in [0.1, 0.15) is 54.8 Å². The second kappa shape index (κ2) is 7.53. The van der Waals surface area contributed by atoms with Crippen LogP contribution in [0, 0.1) is 5.92 Å². The van der Waals surface area contributed by atoms with Gasteiger partial charge in [0.15, 0.2) is 0 Å². The summed E-state index contributed by atoms with van der Waals surface area (Å²) < 4.78 is 7.17. The predicted octanol–water partition coefficient (Wildman–Crippen LogP) is 3.04. The maximum atomic E-state index is 13.2. The average molecular weight is 380 g/mol. The fraction of sp³-hybridized carbons (Fsp3) is 0.450. The summed E-state index contributed by atoms with van der Waals surface area (Å²) in [4.78, 5) is 23.6. The van der Waals surface area contributed by atoms with Crippen molar-refractivity contribution in [3.05, 3.63) is 47.9 Å². The van der Waals surface area contributed by atoms with E-state index < -0.39 is 0 Å². The zero-order valence-electron chi connectivity index (χ0n) is 16.4. The largest absolute Gasteiger partial charge is 0.337 e. The zero-order valence-corrected chi connectivity index (χ0v) is 16.4. The van der Waals surface area contributed by atoms with Crippen molar-refractivity contribution in [2.24, 2.45) is 13.0 Å². The van der Waals surface area contributed by atoms with Crippen LogP contribution in [0.2, 0.25) is 0 Å². The van der Waals surface area contributed by atoms with Gasteiger partial charge in [-0.2, -0.15) is 10.1 Å². The molecule has 0 bridgehead atoms. The SMILES string of the molecule is CC(C)Cc1cc(C(=O)N2CCCC2c2nc(-c3cccnc3)no2)n(C)n1. The molecule has 3 aromatic heterocycles. The summed E-state index contributed by atoms with van der Waals surface area (Å²) in [5.74, 6) is 1.40. The standard InChI is InChI=1S/C20H24N6O2/c1-13(2)10-15-11-17(25(3)23-15)20(27)26-9-5-7-16(26)19-22-18(24-28-19)14-6-4-8-21-12-14/h4,6,8,11-13,16H,5,7,9-10H2,1-3H3. The first kappa shape index (κ1) is 18.3. The Morgan fingerprint density at radius 1 is 1.39 bits per heavy atom. The molecule has 8 heteroatoms. The highest BCUT2D eigenvalue weighted by Gasteiger charge is 2.35. The van der Waals surface area contributed by atoms with E-state index in [2.05, 4.69) is 34.1 Å². The number of nitrogens with zero attached hydrogens (tertiary/aromatic N) is 6. The van der Waals surface area contributed by atoms with E-state index in [9.17, 15) is 4.79 Å². The minimum Gasteiger partial charge on any atom is -0.337 e. The number of carbonyl (C=O) groups excluding carboxylic acids is 1. The maximum absolute atomic E-state index is 13.2. The van der Waals surface area contributed by atoms with Gasteiger partial charge in [-0.15, -0.1) is 0 Å². The molecule has 4 rings (SSSR count). The predicted molar refractivity (Wildman–Crippen MR) is 102 cm³/mol. The molecule has 146 valence electrons. The van der Waals surface area contributed by atoms with Crippen LogP contribution in [0.25, 0.3) is 11.4 Å². The molecule has 0 N–H and O–H groups in total. The topological polar surface area (TPSA) is 89.9 Å². The monoisotopic (exact) mass is 380 g/mol. The molecule has 0 saturated carbocycles. The van der Waals surface area contributed by atoms with Crippen molar-refractivity contribution < 1.29 is 9.32 Å². The van der Waals surface area contributed by atoms with Crippen molar-refractivity contribution >= 4 is 5.91 Å². The number of carbonyl (C=O) groups is 1. The maximum Gasteiger partial charge on any atom is 0.272 e. The van der Waals surface area contributed by atoms with Crippen LogP contribution in [0.4, 0.5) is 0 Å². The molecule has 1 atom stereocenters. The van der Waals surface area contributed by atoms with E-state index in [1.807, 2.05) is 30.1 Å². The van der Waals surface area contributed by atoms with Gasteiger partial charge in [-0.3, -0.25) is 14.5 Å². The summed E-state index contributed by atoms with van der Waals surface area (Å²) in [5.41, 5.74) is 2.32. The Balaban J connectivity index is 1.56. The minimum absolute atomic E-state index is 0.0476. The molecule has 3 aromatic rings. The summed E-state index contributed by atoms with van der Waals surface area (Å²) in [6.45, 7) is 4.95. The summed E-state index contributed by atoms with van der Waals surface area (Å²) in [5, 5.41) is 8.57. The number of hydrogen-bond acceptors (Lipinski definition) is 6. The van der Waals surface area contributed by atoms with E-state index in [0.29, 0.717) is 29.9 Å². The second-order valence-electron chi connectivity index (χ2n) is 7.60. The van der Waals surface area contributed by atoms with E-state index in [1.54, 1.807) is 17.1 Å². The molecule has 1 unspecified atom stereocenters. The molecule has 1 saturated heterocycles. The van der Waals surface area contributed by atoms with Gasteiger partial charge in [0.05, 0.1) is 5.69 Å². The van der Waals surface area contributed by atoms with Crippen LogP contribution in [0.5, 0.6) is 0 Å². The highest BCUT2D eigenvalue weighted by Crippen LogP contribution is 2.33. The third kappa shape index (κ3) is 3.54. The van der Waals surface area contributed by atoms with Crippen LogP contribution in [0.3, 0.4) is 0 Å². The molecule has 0 aliphatic carbocycles. The van der Waals surface area contributed by atoms with Crippen molar-refractivity contribution in [3.63, 3.8) is 0 Å². The van der Waals surface area contributed by atoms with Gasteiger partial charge in [0.1, 0.15) is 11.7 Å². The third-order valence-electron chi connectivity index (χ3n) is 4.93. The number of hydrogen-bond donors (Lipinski definition) is 0. The molecule has 1 amide bonds. The Bertz CT molecular complexity index is 962. The van der Waals surface area contributed by atoms with E-state index >= 15 is 0 Å². The normalized spacial score (nSPS) is 16.9. The smallest absolute Gasteiger partial charge is 0.272 e. The Morgan fingerprint density at radius 3 is 3.00 bits per heavy atom. The van der Waals surface area contributed by atoms with E-state index in [1.165, 1.54) is 0 Å². The molecule has 8 nitrogen and oxygen atoms in total. The molecule has 0 radical (unpaired) electrons. The van der Waals surface area contributed by atoms with Gasteiger partial charge < -0.3 is 9.42 Å². The van der Waals surface area contributed by atoms with Crippen molar-refractivity contribution in [3.8, 4) is 11.4 Å². The van der Waals surface area contributed by atoms with Gasteiger partial charge in [0.25, 0.3) is 5.91 Å². The first-order valence-corrected chi connectivity index (χ1v) is 9.61. The lowest BCUT2D eigenvalue weighted by Gasteiger charge is -2.21. The number of likely N-dealkylation sites (tertiary alicyclic amines) is 1.